The molecule has 1 atom stereocenters. The Morgan fingerprint density at radius 1 is 1.36 bits per heavy atom. The summed E-state index contributed by atoms with van der Waals surface area (Å²) in [6, 6.07) is 7.09. The van der Waals surface area contributed by atoms with E-state index in [0.717, 1.165) is 29.6 Å². The average Bonchev–Trinajstić information content (AvgIpc) is 2.92. The molecule has 1 saturated heterocycles. The van der Waals surface area contributed by atoms with Gasteiger partial charge >= 0.3 is 6.03 Å². The second kappa shape index (κ2) is 7.05. The minimum absolute atomic E-state index is 0.133. The maximum atomic E-state index is 12.1. The first-order valence-corrected chi connectivity index (χ1v) is 10.2. The zero-order valence-corrected chi connectivity index (χ0v) is 15.2. The highest BCUT2D eigenvalue weighted by Gasteiger charge is 2.25. The van der Waals surface area contributed by atoms with E-state index in [0.29, 0.717) is 25.3 Å². The number of piperidine rings is 1. The van der Waals surface area contributed by atoms with E-state index in [1.54, 1.807) is 6.07 Å². The van der Waals surface area contributed by atoms with Gasteiger partial charge in [0.25, 0.3) is 0 Å². The molecule has 1 aromatic carbocycles. The number of nitrogens with zero attached hydrogens (tertiary/aromatic N) is 1. The third-order valence-corrected chi connectivity index (χ3v) is 5.67. The van der Waals surface area contributed by atoms with Crippen LogP contribution in [0.2, 0.25) is 0 Å². The number of furan rings is 1. The number of carbonyl (C=O) groups is 1. The van der Waals surface area contributed by atoms with Crippen LogP contribution in [0, 0.1) is 12.8 Å². The molecule has 1 aromatic heterocycles. The van der Waals surface area contributed by atoms with E-state index in [9.17, 15) is 13.2 Å². The molecule has 2 aromatic rings. The lowest BCUT2D eigenvalue weighted by Gasteiger charge is -2.30. The summed E-state index contributed by atoms with van der Waals surface area (Å²) in [5, 5.41) is 6.57. The second-order valence-electron chi connectivity index (χ2n) is 6.57. The summed E-state index contributed by atoms with van der Waals surface area (Å²) in [5.74, 6) is 0.956. The first-order chi connectivity index (χ1) is 11.8. The number of nitrogens with one attached hydrogen (secondary N) is 2. The monoisotopic (exact) mass is 365 g/mol. The van der Waals surface area contributed by atoms with E-state index in [-0.39, 0.29) is 11.9 Å². The lowest BCUT2D eigenvalue weighted by Crippen LogP contribution is -2.43. The van der Waals surface area contributed by atoms with Crippen molar-refractivity contribution in [3.63, 3.8) is 0 Å². The van der Waals surface area contributed by atoms with Crippen molar-refractivity contribution >= 4 is 32.7 Å². The van der Waals surface area contributed by atoms with Gasteiger partial charge in [0.05, 0.1) is 6.26 Å². The SMILES string of the molecule is Cc1cc2cc(NC(=O)NCC3CCCN(S(C)(=O)=O)C3)ccc2o1. The summed E-state index contributed by atoms with van der Waals surface area (Å²) < 4.78 is 30.3. The average molecular weight is 365 g/mol. The van der Waals surface area contributed by atoms with Crippen molar-refractivity contribution < 1.29 is 17.6 Å². The largest absolute Gasteiger partial charge is 0.461 e. The number of carbonyl (C=O) groups excluding carboxylic acids is 1. The molecule has 136 valence electrons. The maximum Gasteiger partial charge on any atom is 0.319 e. The van der Waals surface area contributed by atoms with Crippen LogP contribution in [-0.4, -0.2) is 44.6 Å². The number of rotatable bonds is 4. The van der Waals surface area contributed by atoms with Crippen molar-refractivity contribution in [2.24, 2.45) is 5.92 Å². The van der Waals surface area contributed by atoms with Gasteiger partial charge in [-0.25, -0.2) is 17.5 Å². The third kappa shape index (κ3) is 4.52. The summed E-state index contributed by atoms with van der Waals surface area (Å²) in [6.07, 6.45) is 2.95. The van der Waals surface area contributed by atoms with Crippen molar-refractivity contribution in [3.8, 4) is 0 Å². The molecule has 0 radical (unpaired) electrons. The number of fused-ring (bicyclic) bond motifs is 1. The number of sulfonamides is 1. The fourth-order valence-corrected chi connectivity index (χ4v) is 4.10. The fourth-order valence-electron chi connectivity index (χ4n) is 3.16. The van der Waals surface area contributed by atoms with E-state index in [1.807, 2.05) is 25.1 Å². The van der Waals surface area contributed by atoms with Crippen LogP contribution in [0.5, 0.6) is 0 Å². The standard InChI is InChI=1S/C17H23N3O4S/c1-12-8-14-9-15(5-6-16(14)24-12)19-17(21)18-10-13-4-3-7-20(11-13)25(2,22)23/h5-6,8-9,13H,3-4,7,10-11H2,1-2H3,(H2,18,19,21). The van der Waals surface area contributed by atoms with Crippen molar-refractivity contribution in [2.75, 3.05) is 31.2 Å². The van der Waals surface area contributed by atoms with Crippen LogP contribution in [0.3, 0.4) is 0 Å². The molecule has 0 aliphatic carbocycles. The van der Waals surface area contributed by atoms with E-state index >= 15 is 0 Å². The van der Waals surface area contributed by atoms with Crippen molar-refractivity contribution in [1.82, 2.24) is 9.62 Å². The minimum atomic E-state index is -3.17. The lowest BCUT2D eigenvalue weighted by atomic mass is 10.00. The van der Waals surface area contributed by atoms with Gasteiger partial charge < -0.3 is 15.1 Å². The Kier molecular flexibility index (Phi) is 5.01. The van der Waals surface area contributed by atoms with Crippen molar-refractivity contribution in [1.29, 1.82) is 0 Å². The highest BCUT2D eigenvalue weighted by atomic mass is 32.2. The van der Waals surface area contributed by atoms with Gasteiger partial charge in [-0.1, -0.05) is 0 Å². The molecule has 2 amide bonds. The van der Waals surface area contributed by atoms with Crippen molar-refractivity contribution in [2.45, 2.75) is 19.8 Å². The smallest absolute Gasteiger partial charge is 0.319 e. The van der Waals surface area contributed by atoms with Gasteiger partial charge in [0.2, 0.25) is 10.0 Å². The van der Waals surface area contributed by atoms with Gasteiger partial charge in [-0.15, -0.1) is 0 Å². The van der Waals surface area contributed by atoms with Crippen molar-refractivity contribution in [3.05, 3.63) is 30.0 Å². The molecule has 2 N–H and O–H groups in total. The summed E-state index contributed by atoms with van der Waals surface area (Å²) in [5.41, 5.74) is 1.47. The number of urea groups is 1. The Morgan fingerprint density at radius 2 is 2.16 bits per heavy atom. The van der Waals surface area contributed by atoms with Gasteiger partial charge in [0, 0.05) is 30.7 Å². The molecule has 2 heterocycles. The van der Waals surface area contributed by atoms with Gasteiger partial charge in [-0.05, 0) is 49.9 Å². The Hall–Kier alpha value is -2.06. The van der Waals surface area contributed by atoms with Crippen LogP contribution >= 0.6 is 0 Å². The number of hydrogen-bond acceptors (Lipinski definition) is 4. The Labute approximate surface area is 147 Å². The molecule has 3 rings (SSSR count). The van der Waals surface area contributed by atoms with Crippen LogP contribution in [0.15, 0.2) is 28.7 Å². The normalized spacial score (nSPS) is 19.0. The highest BCUT2D eigenvalue weighted by molar-refractivity contribution is 7.88. The molecule has 1 aliphatic rings. The number of hydrogen-bond donors (Lipinski definition) is 2. The third-order valence-electron chi connectivity index (χ3n) is 4.40. The maximum absolute atomic E-state index is 12.1. The predicted molar refractivity (Wildman–Crippen MR) is 97.1 cm³/mol. The van der Waals surface area contributed by atoms with Gasteiger partial charge in [0.1, 0.15) is 11.3 Å². The number of benzene rings is 1. The van der Waals surface area contributed by atoms with Crippen LogP contribution in [0.1, 0.15) is 18.6 Å². The Bertz CT molecular complexity index is 875. The molecule has 0 bridgehead atoms. The number of amides is 2. The fraction of sp³-hybridized carbons (Fsp3) is 0.471. The topological polar surface area (TPSA) is 91.7 Å². The molecule has 8 heteroatoms. The summed E-state index contributed by atoms with van der Waals surface area (Å²) >= 11 is 0. The first kappa shape index (κ1) is 17.8. The first-order valence-electron chi connectivity index (χ1n) is 8.31. The zero-order valence-electron chi connectivity index (χ0n) is 14.4. The van der Waals surface area contributed by atoms with Gasteiger partial charge in [0.15, 0.2) is 0 Å². The summed E-state index contributed by atoms with van der Waals surface area (Å²) in [6.45, 7) is 3.35. The van der Waals surface area contributed by atoms with Gasteiger partial charge in [-0.3, -0.25) is 0 Å². The molecule has 7 nitrogen and oxygen atoms in total. The Morgan fingerprint density at radius 3 is 2.92 bits per heavy atom. The number of anilines is 1. The second-order valence-corrected chi connectivity index (χ2v) is 8.56. The Balaban J connectivity index is 1.53. The quantitative estimate of drug-likeness (QED) is 0.871. The molecular weight excluding hydrogens is 342 g/mol. The minimum Gasteiger partial charge on any atom is -0.461 e. The van der Waals surface area contributed by atoms with Crippen LogP contribution in [-0.2, 0) is 10.0 Å². The zero-order chi connectivity index (χ0) is 18.0. The molecule has 0 saturated carbocycles. The molecule has 1 aliphatic heterocycles. The lowest BCUT2D eigenvalue weighted by molar-refractivity contribution is 0.239. The molecule has 1 fully saturated rings. The predicted octanol–water partition coefficient (Wildman–Crippen LogP) is 2.53. The summed E-state index contributed by atoms with van der Waals surface area (Å²) in [7, 11) is -3.17. The molecular formula is C17H23N3O4S. The summed E-state index contributed by atoms with van der Waals surface area (Å²) in [4.78, 5) is 12.1. The van der Waals surface area contributed by atoms with E-state index in [4.69, 9.17) is 4.42 Å². The molecule has 1 unspecified atom stereocenters. The highest BCUT2D eigenvalue weighted by Crippen LogP contribution is 2.22. The number of aryl methyl sites for hydroxylation is 1. The van der Waals surface area contributed by atoms with Crippen LogP contribution < -0.4 is 10.6 Å². The van der Waals surface area contributed by atoms with Crippen LogP contribution in [0.4, 0.5) is 10.5 Å². The van der Waals surface area contributed by atoms with E-state index in [1.165, 1.54) is 10.6 Å². The molecule has 0 spiro atoms. The van der Waals surface area contributed by atoms with Crippen LogP contribution in [0.25, 0.3) is 11.0 Å². The van der Waals surface area contributed by atoms with E-state index < -0.39 is 10.0 Å². The van der Waals surface area contributed by atoms with Gasteiger partial charge in [-0.2, -0.15) is 0 Å². The van der Waals surface area contributed by atoms with E-state index in [2.05, 4.69) is 10.6 Å². The molecule has 25 heavy (non-hydrogen) atoms.